The molecule has 0 saturated carbocycles. The Morgan fingerprint density at radius 2 is 1.89 bits per heavy atom. The number of benzene rings is 2. The Morgan fingerprint density at radius 3 is 2.50 bits per heavy atom. The molecule has 3 rings (SSSR count). The van der Waals surface area contributed by atoms with Crippen molar-refractivity contribution in [2.24, 2.45) is 5.92 Å². The molecule has 0 saturated heterocycles. The Bertz CT molecular complexity index is 786. The van der Waals surface area contributed by atoms with Gasteiger partial charge in [-0.05, 0) is 55.5 Å². The van der Waals surface area contributed by atoms with Crippen molar-refractivity contribution in [1.29, 1.82) is 0 Å². The molecule has 4 nitrogen and oxygen atoms in total. The average Bonchev–Trinajstić information content (AvgIpc) is 2.70. The summed E-state index contributed by atoms with van der Waals surface area (Å²) in [4.78, 5) is 11.9. The molecule has 1 aliphatic rings. The molecule has 0 spiro atoms. The topological polar surface area (TPSA) is 44.8 Å². The molecule has 1 heterocycles. The molecule has 152 valence electrons. The van der Waals surface area contributed by atoms with Gasteiger partial charge >= 0.3 is 5.97 Å². The van der Waals surface area contributed by atoms with Crippen molar-refractivity contribution < 1.29 is 23.4 Å². The van der Waals surface area contributed by atoms with Gasteiger partial charge in [-0.25, -0.2) is 4.39 Å². The molecule has 0 radical (unpaired) electrons. The van der Waals surface area contributed by atoms with Crippen LogP contribution in [0.5, 0.6) is 17.2 Å². The number of carbonyl (C=O) groups excluding carboxylic acids is 1. The highest BCUT2D eigenvalue weighted by atomic mass is 19.1. The molecule has 0 fully saturated rings. The van der Waals surface area contributed by atoms with Crippen LogP contribution in [-0.2, 0) is 22.4 Å². The highest BCUT2D eigenvalue weighted by Crippen LogP contribution is 2.35. The van der Waals surface area contributed by atoms with Crippen LogP contribution in [0.25, 0.3) is 0 Å². The molecule has 0 N–H and O–H groups in total. The van der Waals surface area contributed by atoms with E-state index in [1.165, 1.54) is 6.07 Å². The molecule has 2 aromatic carbocycles. The summed E-state index contributed by atoms with van der Waals surface area (Å²) in [5, 5.41) is 0. The van der Waals surface area contributed by atoms with E-state index >= 15 is 0 Å². The van der Waals surface area contributed by atoms with Crippen LogP contribution in [0.3, 0.4) is 0 Å². The first-order chi connectivity index (χ1) is 13.5. The fraction of sp³-hybridized carbons (Fsp3) is 0.435. The van der Waals surface area contributed by atoms with Crippen LogP contribution in [0.2, 0.25) is 0 Å². The molecule has 0 aromatic heterocycles. The van der Waals surface area contributed by atoms with E-state index < -0.39 is 0 Å². The standard InChI is InChI=1S/C20H21FO3.C3H8O/c1-3-5-13-6-9-18(17(21)10-13)23-16-8-7-15-11-14(4-2)20(22)24-19(15)12-16;1-3-4-2/h6-10,12,14H,3-5,11H2,1-2H3;3H2,1-2H3. The number of rotatable bonds is 6. The maximum absolute atomic E-state index is 14.1. The van der Waals surface area contributed by atoms with Gasteiger partial charge in [0, 0.05) is 19.8 Å². The van der Waals surface area contributed by atoms with E-state index in [0.29, 0.717) is 17.9 Å². The maximum Gasteiger partial charge on any atom is 0.314 e. The second-order valence-electron chi connectivity index (χ2n) is 6.69. The van der Waals surface area contributed by atoms with Crippen molar-refractivity contribution in [2.75, 3.05) is 13.7 Å². The predicted molar refractivity (Wildman–Crippen MR) is 108 cm³/mol. The number of fused-ring (bicyclic) bond motifs is 1. The molecule has 1 atom stereocenters. The Labute approximate surface area is 166 Å². The fourth-order valence-corrected chi connectivity index (χ4v) is 2.91. The van der Waals surface area contributed by atoms with Gasteiger partial charge in [-0.1, -0.05) is 32.4 Å². The number of halogens is 1. The quantitative estimate of drug-likeness (QED) is 0.470. The average molecular weight is 388 g/mol. The van der Waals surface area contributed by atoms with Gasteiger partial charge in [0.1, 0.15) is 11.5 Å². The third kappa shape index (κ3) is 5.80. The van der Waals surface area contributed by atoms with E-state index in [-0.39, 0.29) is 23.5 Å². The highest BCUT2D eigenvalue weighted by Gasteiger charge is 2.27. The lowest BCUT2D eigenvalue weighted by Gasteiger charge is -2.22. The highest BCUT2D eigenvalue weighted by molar-refractivity contribution is 5.78. The zero-order valence-corrected chi connectivity index (χ0v) is 17.1. The molecule has 2 aromatic rings. The third-order valence-corrected chi connectivity index (χ3v) is 4.59. The predicted octanol–water partition coefficient (Wildman–Crippen LogP) is 5.71. The first kappa shape index (κ1) is 21.9. The second kappa shape index (κ2) is 10.8. The van der Waals surface area contributed by atoms with Gasteiger partial charge < -0.3 is 14.2 Å². The van der Waals surface area contributed by atoms with Crippen molar-refractivity contribution in [2.45, 2.75) is 46.5 Å². The van der Waals surface area contributed by atoms with E-state index in [9.17, 15) is 9.18 Å². The molecular formula is C23H29FO4. The van der Waals surface area contributed by atoms with Gasteiger partial charge in [-0.15, -0.1) is 0 Å². The zero-order chi connectivity index (χ0) is 20.5. The summed E-state index contributed by atoms with van der Waals surface area (Å²) < 4.78 is 29.7. The Morgan fingerprint density at radius 1 is 1.14 bits per heavy atom. The van der Waals surface area contributed by atoms with Crippen LogP contribution in [0.1, 0.15) is 44.7 Å². The van der Waals surface area contributed by atoms with Crippen molar-refractivity contribution in [3.63, 3.8) is 0 Å². The normalized spacial score (nSPS) is 15.2. The lowest BCUT2D eigenvalue weighted by Crippen LogP contribution is -2.26. The summed E-state index contributed by atoms with van der Waals surface area (Å²) >= 11 is 0. The smallest absolute Gasteiger partial charge is 0.314 e. The van der Waals surface area contributed by atoms with Crippen LogP contribution in [0, 0.1) is 11.7 Å². The van der Waals surface area contributed by atoms with Crippen molar-refractivity contribution in [1.82, 2.24) is 0 Å². The number of methoxy groups -OCH3 is 1. The van der Waals surface area contributed by atoms with Gasteiger partial charge in [0.2, 0.25) is 0 Å². The van der Waals surface area contributed by atoms with Gasteiger partial charge in [-0.3, -0.25) is 4.79 Å². The molecule has 5 heteroatoms. The number of carbonyl (C=O) groups is 1. The minimum absolute atomic E-state index is 0.0900. The first-order valence-electron chi connectivity index (χ1n) is 9.82. The Kier molecular flexibility index (Phi) is 8.45. The van der Waals surface area contributed by atoms with E-state index in [1.807, 2.05) is 26.0 Å². The molecule has 1 aliphatic heterocycles. The SMILES string of the molecule is CCCc1ccc(Oc2ccc3c(c2)OC(=O)C(CC)C3)c(F)c1.CCOC. The summed E-state index contributed by atoms with van der Waals surface area (Å²) in [6, 6.07) is 10.3. The summed E-state index contributed by atoms with van der Waals surface area (Å²) in [5.41, 5.74) is 1.93. The monoisotopic (exact) mass is 388 g/mol. The van der Waals surface area contributed by atoms with Gasteiger partial charge in [0.25, 0.3) is 0 Å². The summed E-state index contributed by atoms with van der Waals surface area (Å²) in [7, 11) is 1.68. The molecule has 1 unspecified atom stereocenters. The Balaban J connectivity index is 0.000000640. The lowest BCUT2D eigenvalue weighted by atomic mass is 9.94. The van der Waals surface area contributed by atoms with Crippen LogP contribution in [0.4, 0.5) is 4.39 Å². The molecular weight excluding hydrogens is 359 g/mol. The lowest BCUT2D eigenvalue weighted by molar-refractivity contribution is -0.140. The van der Waals surface area contributed by atoms with Crippen LogP contribution in [-0.4, -0.2) is 19.7 Å². The van der Waals surface area contributed by atoms with Crippen molar-refractivity contribution >= 4 is 5.97 Å². The molecule has 0 bridgehead atoms. The zero-order valence-electron chi connectivity index (χ0n) is 17.1. The summed E-state index contributed by atoms with van der Waals surface area (Å²) in [6.45, 7) is 6.80. The fourth-order valence-electron chi connectivity index (χ4n) is 2.91. The van der Waals surface area contributed by atoms with Crippen LogP contribution < -0.4 is 9.47 Å². The van der Waals surface area contributed by atoms with Crippen molar-refractivity contribution in [3.05, 3.63) is 53.3 Å². The number of aryl methyl sites for hydroxylation is 1. The number of hydrogen-bond acceptors (Lipinski definition) is 4. The van der Waals surface area contributed by atoms with E-state index in [2.05, 4.69) is 11.7 Å². The van der Waals surface area contributed by atoms with Crippen molar-refractivity contribution in [3.8, 4) is 17.2 Å². The van der Waals surface area contributed by atoms with E-state index in [4.69, 9.17) is 9.47 Å². The van der Waals surface area contributed by atoms with Crippen LogP contribution >= 0.6 is 0 Å². The largest absolute Gasteiger partial charge is 0.454 e. The number of ether oxygens (including phenoxy) is 3. The van der Waals surface area contributed by atoms with Gasteiger partial charge in [-0.2, -0.15) is 0 Å². The maximum atomic E-state index is 14.1. The molecule has 28 heavy (non-hydrogen) atoms. The molecule has 0 aliphatic carbocycles. The summed E-state index contributed by atoms with van der Waals surface area (Å²) in [6.07, 6.45) is 3.23. The number of esters is 1. The summed E-state index contributed by atoms with van der Waals surface area (Å²) in [5.74, 6) is 0.444. The van der Waals surface area contributed by atoms with Gasteiger partial charge in [0.15, 0.2) is 11.6 Å². The van der Waals surface area contributed by atoms with Gasteiger partial charge in [0.05, 0.1) is 5.92 Å². The third-order valence-electron chi connectivity index (χ3n) is 4.59. The minimum atomic E-state index is -0.387. The van der Waals surface area contributed by atoms with E-state index in [0.717, 1.165) is 37.0 Å². The van der Waals surface area contributed by atoms with Crippen LogP contribution in [0.15, 0.2) is 36.4 Å². The number of hydrogen-bond donors (Lipinski definition) is 0. The minimum Gasteiger partial charge on any atom is -0.454 e. The molecule has 0 amide bonds. The Hall–Kier alpha value is -2.40. The first-order valence-corrected chi connectivity index (χ1v) is 9.82. The van der Waals surface area contributed by atoms with E-state index in [1.54, 1.807) is 25.3 Å². The second-order valence-corrected chi connectivity index (χ2v) is 6.69.